The van der Waals surface area contributed by atoms with Crippen molar-refractivity contribution in [1.82, 2.24) is 9.78 Å². The molecule has 1 heterocycles. The van der Waals surface area contributed by atoms with Crippen molar-refractivity contribution in [3.05, 3.63) is 18.0 Å². The van der Waals surface area contributed by atoms with E-state index >= 15 is 0 Å². The lowest BCUT2D eigenvalue weighted by Gasteiger charge is -2.22. The highest BCUT2D eigenvalue weighted by molar-refractivity contribution is 5.86. The van der Waals surface area contributed by atoms with Crippen LogP contribution in [0.2, 0.25) is 0 Å². The average Bonchev–Trinajstić information content (AvgIpc) is 2.60. The number of ketones is 1. The number of ether oxygens (including phenoxy) is 1. The number of nitrogens with zero attached hydrogens (tertiary/aromatic N) is 2. The van der Waals surface area contributed by atoms with E-state index < -0.39 is 5.60 Å². The molecular weight excluding hydrogens is 204 g/mol. The molecular formula is C12H20N2O2. The van der Waals surface area contributed by atoms with Crippen LogP contribution in [0.5, 0.6) is 0 Å². The van der Waals surface area contributed by atoms with Crippen LogP contribution in [-0.4, -0.2) is 27.8 Å². The summed E-state index contributed by atoms with van der Waals surface area (Å²) in [5, 5.41) is 4.07. The molecule has 0 atom stereocenters. The maximum Gasteiger partial charge on any atom is 0.164 e. The van der Waals surface area contributed by atoms with Gasteiger partial charge < -0.3 is 4.74 Å². The number of hydrogen-bond acceptors (Lipinski definition) is 3. The van der Waals surface area contributed by atoms with E-state index in [0.29, 0.717) is 13.0 Å². The number of rotatable bonds is 6. The van der Waals surface area contributed by atoms with Gasteiger partial charge in [0.15, 0.2) is 5.78 Å². The van der Waals surface area contributed by atoms with E-state index in [4.69, 9.17) is 4.74 Å². The van der Waals surface area contributed by atoms with Crippen molar-refractivity contribution in [2.45, 2.75) is 39.2 Å². The molecule has 0 bridgehead atoms. The largest absolute Gasteiger partial charge is 0.368 e. The van der Waals surface area contributed by atoms with Crippen molar-refractivity contribution < 1.29 is 9.53 Å². The Balaban J connectivity index is 2.46. The smallest absolute Gasteiger partial charge is 0.164 e. The summed E-state index contributed by atoms with van der Waals surface area (Å²) in [6, 6.07) is 0. The van der Waals surface area contributed by atoms with E-state index in [1.54, 1.807) is 10.9 Å². The van der Waals surface area contributed by atoms with Crippen LogP contribution in [-0.2, 0) is 23.0 Å². The quantitative estimate of drug-likeness (QED) is 0.739. The molecule has 0 aliphatic heterocycles. The normalized spacial score (nSPS) is 11.8. The number of Topliss-reactive ketones (excluding diaryl/α,β-unsaturated/α-hetero) is 1. The van der Waals surface area contributed by atoms with Crippen molar-refractivity contribution in [3.8, 4) is 0 Å². The highest BCUT2D eigenvalue weighted by Gasteiger charge is 2.26. The van der Waals surface area contributed by atoms with E-state index in [1.807, 2.05) is 34.0 Å². The van der Waals surface area contributed by atoms with Crippen LogP contribution in [0.4, 0.5) is 0 Å². The molecule has 4 heteroatoms. The molecule has 0 aliphatic rings. The fourth-order valence-electron chi connectivity index (χ4n) is 1.60. The first kappa shape index (κ1) is 12.9. The van der Waals surface area contributed by atoms with Gasteiger partial charge in [-0.1, -0.05) is 0 Å². The summed E-state index contributed by atoms with van der Waals surface area (Å²) >= 11 is 0. The minimum Gasteiger partial charge on any atom is -0.368 e. The molecule has 1 rings (SSSR count). The van der Waals surface area contributed by atoms with Gasteiger partial charge in [-0.15, -0.1) is 0 Å². The minimum absolute atomic E-state index is 0.137. The lowest BCUT2D eigenvalue weighted by molar-refractivity contribution is -0.139. The summed E-state index contributed by atoms with van der Waals surface area (Å²) in [5.41, 5.74) is 0.417. The van der Waals surface area contributed by atoms with Crippen molar-refractivity contribution in [1.29, 1.82) is 0 Å². The number of carbonyl (C=O) groups excluding carboxylic acids is 1. The fourth-order valence-corrected chi connectivity index (χ4v) is 1.60. The first-order chi connectivity index (χ1) is 7.45. The van der Waals surface area contributed by atoms with Gasteiger partial charge in [0.2, 0.25) is 0 Å². The minimum atomic E-state index is -0.670. The molecule has 1 aromatic rings. The lowest BCUT2D eigenvalue weighted by atomic mass is 9.98. The summed E-state index contributed by atoms with van der Waals surface area (Å²) in [5.74, 6) is 0.137. The predicted octanol–water partition coefficient (Wildman–Crippen LogP) is 1.74. The Kier molecular flexibility index (Phi) is 4.24. The molecule has 0 spiro atoms. The number of hydrogen-bond donors (Lipinski definition) is 0. The van der Waals surface area contributed by atoms with Gasteiger partial charge in [0.25, 0.3) is 0 Å². The van der Waals surface area contributed by atoms with E-state index in [0.717, 1.165) is 12.0 Å². The van der Waals surface area contributed by atoms with Crippen molar-refractivity contribution >= 4 is 5.78 Å². The van der Waals surface area contributed by atoms with Crippen LogP contribution in [0.1, 0.15) is 32.8 Å². The molecule has 0 saturated carbocycles. The second kappa shape index (κ2) is 5.25. The van der Waals surface area contributed by atoms with Gasteiger partial charge in [-0.25, -0.2) is 0 Å². The highest BCUT2D eigenvalue weighted by Crippen LogP contribution is 2.14. The first-order valence-corrected chi connectivity index (χ1v) is 5.60. The van der Waals surface area contributed by atoms with Crippen molar-refractivity contribution in [2.75, 3.05) is 6.61 Å². The average molecular weight is 224 g/mol. The Morgan fingerprint density at radius 3 is 2.75 bits per heavy atom. The van der Waals surface area contributed by atoms with E-state index in [9.17, 15) is 4.79 Å². The zero-order valence-corrected chi connectivity index (χ0v) is 10.5. The molecule has 0 fully saturated rings. The fraction of sp³-hybridized carbons (Fsp3) is 0.667. The van der Waals surface area contributed by atoms with Gasteiger partial charge in [-0.05, 0) is 32.8 Å². The third kappa shape index (κ3) is 3.45. The van der Waals surface area contributed by atoms with E-state index in [1.165, 1.54) is 0 Å². The molecule has 0 saturated heterocycles. The molecule has 16 heavy (non-hydrogen) atoms. The first-order valence-electron chi connectivity index (χ1n) is 5.60. The van der Waals surface area contributed by atoms with Gasteiger partial charge >= 0.3 is 0 Å². The van der Waals surface area contributed by atoms with Gasteiger partial charge in [0.05, 0.1) is 6.20 Å². The second-order valence-corrected chi connectivity index (χ2v) is 4.39. The van der Waals surface area contributed by atoms with Crippen LogP contribution in [0, 0.1) is 0 Å². The summed E-state index contributed by atoms with van der Waals surface area (Å²) in [4.78, 5) is 11.9. The van der Waals surface area contributed by atoms with Crippen LogP contribution < -0.4 is 0 Å². The van der Waals surface area contributed by atoms with Gasteiger partial charge in [0.1, 0.15) is 5.60 Å². The molecule has 0 aromatic carbocycles. The molecule has 90 valence electrons. The van der Waals surface area contributed by atoms with E-state index in [-0.39, 0.29) is 5.78 Å². The van der Waals surface area contributed by atoms with Crippen molar-refractivity contribution in [2.24, 2.45) is 7.05 Å². The number of aryl methyl sites for hydroxylation is 2. The second-order valence-electron chi connectivity index (χ2n) is 4.39. The Bertz CT molecular complexity index is 356. The SMILES string of the molecule is CCOC(C)(C)C(=O)CCc1cnn(C)c1. The summed E-state index contributed by atoms with van der Waals surface area (Å²) < 4.78 is 7.16. The molecule has 0 N–H and O–H groups in total. The third-order valence-corrected chi connectivity index (χ3v) is 2.58. The van der Waals surface area contributed by atoms with Gasteiger partial charge in [-0.3, -0.25) is 9.48 Å². The van der Waals surface area contributed by atoms with Gasteiger partial charge in [-0.2, -0.15) is 5.10 Å². The van der Waals surface area contributed by atoms with E-state index in [2.05, 4.69) is 5.10 Å². The molecule has 1 aromatic heterocycles. The Hall–Kier alpha value is -1.16. The monoisotopic (exact) mass is 224 g/mol. The number of carbonyl (C=O) groups is 1. The standard InChI is InChI=1S/C12H20N2O2/c1-5-16-12(2,3)11(15)7-6-10-8-13-14(4)9-10/h8-9H,5-7H2,1-4H3. The number of aromatic nitrogens is 2. The van der Waals surface area contributed by atoms with Crippen LogP contribution in [0.15, 0.2) is 12.4 Å². The third-order valence-electron chi connectivity index (χ3n) is 2.58. The molecule has 0 unspecified atom stereocenters. The summed E-state index contributed by atoms with van der Waals surface area (Å²) in [7, 11) is 1.87. The van der Waals surface area contributed by atoms with Crippen LogP contribution >= 0.6 is 0 Å². The molecule has 0 radical (unpaired) electrons. The molecule has 0 amide bonds. The maximum atomic E-state index is 11.9. The van der Waals surface area contributed by atoms with Crippen LogP contribution in [0.25, 0.3) is 0 Å². The topological polar surface area (TPSA) is 44.1 Å². The molecule has 4 nitrogen and oxygen atoms in total. The highest BCUT2D eigenvalue weighted by atomic mass is 16.5. The zero-order chi connectivity index (χ0) is 12.2. The maximum absolute atomic E-state index is 11.9. The van der Waals surface area contributed by atoms with Crippen molar-refractivity contribution in [3.63, 3.8) is 0 Å². The molecule has 0 aliphatic carbocycles. The van der Waals surface area contributed by atoms with Crippen LogP contribution in [0.3, 0.4) is 0 Å². The summed E-state index contributed by atoms with van der Waals surface area (Å²) in [6.45, 7) is 6.10. The lowest BCUT2D eigenvalue weighted by Crippen LogP contribution is -2.35. The van der Waals surface area contributed by atoms with Gasteiger partial charge in [0, 0.05) is 26.3 Å². The summed E-state index contributed by atoms with van der Waals surface area (Å²) in [6.07, 6.45) is 4.95. The predicted molar refractivity (Wildman–Crippen MR) is 62.2 cm³/mol. The Morgan fingerprint density at radius 2 is 2.25 bits per heavy atom. The Morgan fingerprint density at radius 1 is 1.56 bits per heavy atom. The zero-order valence-electron chi connectivity index (χ0n) is 10.5. The Labute approximate surface area is 96.6 Å².